The summed E-state index contributed by atoms with van der Waals surface area (Å²) in [5, 5.41) is 0.157. The summed E-state index contributed by atoms with van der Waals surface area (Å²) in [6.07, 6.45) is 2.34. The summed E-state index contributed by atoms with van der Waals surface area (Å²) in [7, 11) is 0. The monoisotopic (exact) mass is 275 g/mol. The van der Waals surface area contributed by atoms with Crippen LogP contribution < -0.4 is 5.73 Å². The van der Waals surface area contributed by atoms with Crippen molar-refractivity contribution in [1.29, 1.82) is 0 Å². The predicted octanol–water partition coefficient (Wildman–Crippen LogP) is 3.52. The van der Waals surface area contributed by atoms with Crippen molar-refractivity contribution in [3.63, 3.8) is 0 Å². The molecule has 0 radical (unpaired) electrons. The Labute approximate surface area is 117 Å². The molecule has 0 fully saturated rings. The smallest absolute Gasteiger partial charge is 0.142 e. The van der Waals surface area contributed by atoms with Gasteiger partial charge in [0.1, 0.15) is 5.82 Å². The number of halogens is 2. The maximum Gasteiger partial charge on any atom is 0.142 e. The van der Waals surface area contributed by atoms with Crippen LogP contribution in [-0.2, 0) is 19.3 Å². The molecule has 0 spiro atoms. The van der Waals surface area contributed by atoms with Crippen LogP contribution in [0.15, 0.2) is 42.5 Å². The lowest BCUT2D eigenvalue weighted by Gasteiger charge is -2.23. The number of hydrogen-bond donors (Lipinski definition) is 1. The van der Waals surface area contributed by atoms with Crippen molar-refractivity contribution < 1.29 is 4.39 Å². The summed E-state index contributed by atoms with van der Waals surface area (Å²) in [4.78, 5) is 0. The summed E-state index contributed by atoms with van der Waals surface area (Å²) in [5.41, 5.74) is 9.67. The Balaban J connectivity index is 1.83. The van der Waals surface area contributed by atoms with Crippen LogP contribution in [0.1, 0.15) is 16.7 Å². The Kier molecular flexibility index (Phi) is 3.08. The van der Waals surface area contributed by atoms with Crippen molar-refractivity contribution in [2.24, 2.45) is 5.73 Å². The second kappa shape index (κ2) is 4.62. The van der Waals surface area contributed by atoms with Crippen molar-refractivity contribution in [3.05, 3.63) is 70.0 Å². The zero-order valence-corrected chi connectivity index (χ0v) is 11.3. The van der Waals surface area contributed by atoms with Gasteiger partial charge in [0, 0.05) is 5.54 Å². The van der Waals surface area contributed by atoms with Gasteiger partial charge in [0.2, 0.25) is 0 Å². The molecule has 0 aromatic heterocycles. The quantitative estimate of drug-likeness (QED) is 0.892. The van der Waals surface area contributed by atoms with Crippen LogP contribution >= 0.6 is 11.6 Å². The van der Waals surface area contributed by atoms with Crippen molar-refractivity contribution >= 4 is 11.6 Å². The van der Waals surface area contributed by atoms with E-state index in [0.717, 1.165) is 18.4 Å². The molecule has 1 aliphatic carbocycles. The first kappa shape index (κ1) is 12.6. The lowest BCUT2D eigenvalue weighted by molar-refractivity contribution is 0.445. The highest BCUT2D eigenvalue weighted by atomic mass is 35.5. The van der Waals surface area contributed by atoms with Gasteiger partial charge in [0.05, 0.1) is 5.02 Å². The van der Waals surface area contributed by atoms with Crippen LogP contribution in [0.5, 0.6) is 0 Å². The molecule has 98 valence electrons. The van der Waals surface area contributed by atoms with E-state index in [2.05, 4.69) is 12.1 Å². The molecule has 0 saturated heterocycles. The van der Waals surface area contributed by atoms with Gasteiger partial charge in [-0.15, -0.1) is 0 Å². The fourth-order valence-electron chi connectivity index (χ4n) is 2.90. The van der Waals surface area contributed by atoms with Crippen molar-refractivity contribution in [3.8, 4) is 0 Å². The number of benzene rings is 2. The Morgan fingerprint density at radius 2 is 1.74 bits per heavy atom. The van der Waals surface area contributed by atoms with Crippen molar-refractivity contribution in [2.75, 3.05) is 0 Å². The van der Waals surface area contributed by atoms with E-state index in [4.69, 9.17) is 17.3 Å². The molecule has 0 unspecified atom stereocenters. The Bertz CT molecular complexity index is 599. The maximum absolute atomic E-state index is 13.5. The molecule has 0 atom stereocenters. The maximum atomic E-state index is 13.5. The number of rotatable bonds is 2. The minimum atomic E-state index is -0.377. The van der Waals surface area contributed by atoms with E-state index in [9.17, 15) is 4.39 Å². The molecule has 1 nitrogen and oxygen atoms in total. The van der Waals surface area contributed by atoms with Crippen LogP contribution in [0, 0.1) is 5.82 Å². The van der Waals surface area contributed by atoms with E-state index in [1.54, 1.807) is 6.07 Å². The van der Waals surface area contributed by atoms with Gasteiger partial charge >= 0.3 is 0 Å². The molecule has 1 aliphatic rings. The SMILES string of the molecule is NC1(Cc2ccc(Cl)c(F)c2)Cc2ccccc2C1. The Morgan fingerprint density at radius 3 is 2.32 bits per heavy atom. The molecule has 3 heteroatoms. The molecule has 3 rings (SSSR count). The topological polar surface area (TPSA) is 26.0 Å². The van der Waals surface area contributed by atoms with Gasteiger partial charge in [0.15, 0.2) is 0 Å². The predicted molar refractivity (Wildman–Crippen MR) is 75.9 cm³/mol. The average Bonchev–Trinajstić information content (AvgIpc) is 2.69. The Morgan fingerprint density at radius 1 is 1.11 bits per heavy atom. The molecule has 0 amide bonds. The minimum absolute atomic E-state index is 0.157. The van der Waals surface area contributed by atoms with Crippen molar-refractivity contribution in [1.82, 2.24) is 0 Å². The highest BCUT2D eigenvalue weighted by Crippen LogP contribution is 2.31. The number of fused-ring (bicyclic) bond motifs is 1. The lowest BCUT2D eigenvalue weighted by Crippen LogP contribution is -2.43. The Hall–Kier alpha value is -1.38. The largest absolute Gasteiger partial charge is 0.324 e. The van der Waals surface area contributed by atoms with Gasteiger partial charge in [-0.1, -0.05) is 41.9 Å². The summed E-state index contributed by atoms with van der Waals surface area (Å²) in [6.45, 7) is 0. The highest BCUT2D eigenvalue weighted by Gasteiger charge is 2.33. The molecular weight excluding hydrogens is 261 g/mol. The summed E-state index contributed by atoms with van der Waals surface area (Å²) < 4.78 is 13.5. The standard InChI is InChI=1S/C16H15ClFN/c17-14-6-5-11(7-15(14)18)8-16(19)9-12-3-1-2-4-13(12)10-16/h1-7H,8-10,19H2. The third kappa shape index (κ3) is 2.51. The minimum Gasteiger partial charge on any atom is -0.324 e. The van der Waals surface area contributed by atoms with E-state index in [1.807, 2.05) is 18.2 Å². The van der Waals surface area contributed by atoms with Crippen LogP contribution in [0.2, 0.25) is 5.02 Å². The van der Waals surface area contributed by atoms with Crippen LogP contribution in [0.25, 0.3) is 0 Å². The van der Waals surface area contributed by atoms with Gasteiger partial charge in [-0.2, -0.15) is 0 Å². The zero-order valence-electron chi connectivity index (χ0n) is 10.5. The van der Waals surface area contributed by atoms with E-state index in [0.29, 0.717) is 6.42 Å². The zero-order chi connectivity index (χ0) is 13.5. The van der Waals surface area contributed by atoms with Gasteiger partial charge < -0.3 is 5.73 Å². The molecule has 0 bridgehead atoms. The normalized spacial score (nSPS) is 16.4. The molecular formula is C16H15ClFN. The first-order chi connectivity index (χ1) is 9.06. The van der Waals surface area contributed by atoms with Crippen LogP contribution in [-0.4, -0.2) is 5.54 Å². The third-order valence-corrected chi connectivity index (χ3v) is 4.05. The summed E-state index contributed by atoms with van der Waals surface area (Å²) in [6, 6.07) is 13.2. The molecule has 0 saturated carbocycles. The molecule has 19 heavy (non-hydrogen) atoms. The number of nitrogens with two attached hydrogens (primary N) is 1. The van der Waals surface area contributed by atoms with Gasteiger partial charge in [-0.3, -0.25) is 0 Å². The first-order valence-corrected chi connectivity index (χ1v) is 6.73. The molecule has 0 heterocycles. The van der Waals surface area contributed by atoms with E-state index in [1.165, 1.54) is 17.2 Å². The fourth-order valence-corrected chi connectivity index (χ4v) is 3.02. The number of hydrogen-bond acceptors (Lipinski definition) is 1. The van der Waals surface area contributed by atoms with Crippen LogP contribution in [0.4, 0.5) is 4.39 Å². The van der Waals surface area contributed by atoms with E-state index in [-0.39, 0.29) is 16.4 Å². The highest BCUT2D eigenvalue weighted by molar-refractivity contribution is 6.30. The van der Waals surface area contributed by atoms with E-state index >= 15 is 0 Å². The van der Waals surface area contributed by atoms with Crippen LogP contribution in [0.3, 0.4) is 0 Å². The average molecular weight is 276 g/mol. The first-order valence-electron chi connectivity index (χ1n) is 6.35. The fraction of sp³-hybridized carbons (Fsp3) is 0.250. The molecule has 2 aromatic carbocycles. The molecule has 2 aromatic rings. The van der Waals surface area contributed by atoms with Gasteiger partial charge in [0.25, 0.3) is 0 Å². The summed E-state index contributed by atoms with van der Waals surface area (Å²) >= 11 is 5.70. The molecule has 0 aliphatic heterocycles. The van der Waals surface area contributed by atoms with Gasteiger partial charge in [-0.05, 0) is 48.1 Å². The summed E-state index contributed by atoms with van der Waals surface area (Å²) in [5.74, 6) is -0.377. The second-order valence-corrected chi connectivity index (χ2v) is 5.82. The van der Waals surface area contributed by atoms with Crippen molar-refractivity contribution in [2.45, 2.75) is 24.8 Å². The molecule has 2 N–H and O–H groups in total. The second-order valence-electron chi connectivity index (χ2n) is 5.41. The third-order valence-electron chi connectivity index (χ3n) is 3.74. The lowest BCUT2D eigenvalue weighted by atomic mass is 9.89. The van der Waals surface area contributed by atoms with E-state index < -0.39 is 0 Å². The van der Waals surface area contributed by atoms with Gasteiger partial charge in [-0.25, -0.2) is 4.39 Å².